The van der Waals surface area contributed by atoms with Crippen LogP contribution in [-0.4, -0.2) is 6.61 Å². The van der Waals surface area contributed by atoms with Gasteiger partial charge in [0.2, 0.25) is 0 Å². The van der Waals surface area contributed by atoms with E-state index in [0.717, 1.165) is 5.56 Å². The molecule has 0 aliphatic carbocycles. The van der Waals surface area contributed by atoms with Crippen molar-refractivity contribution in [1.29, 1.82) is 5.26 Å². The van der Waals surface area contributed by atoms with Crippen LogP contribution >= 0.6 is 0 Å². The summed E-state index contributed by atoms with van der Waals surface area (Å²) < 4.78 is 0. The number of nitrogens with zero attached hydrogens (tertiary/aromatic N) is 1. The average molecular weight is 204 g/mol. The Kier molecular flexibility index (Phi) is 7.97. The van der Waals surface area contributed by atoms with Crippen molar-refractivity contribution in [3.05, 3.63) is 41.5 Å². The van der Waals surface area contributed by atoms with Gasteiger partial charge in [0.25, 0.3) is 0 Å². The van der Waals surface area contributed by atoms with E-state index in [1.54, 1.807) is 6.08 Å². The minimum absolute atomic E-state index is 0.144. The molecule has 0 amide bonds. The van der Waals surface area contributed by atoms with Crippen LogP contribution in [0, 0.1) is 11.3 Å². The molecule has 0 aromatic heterocycles. The maximum absolute atomic E-state index is 8.66. The Bertz CT molecular complexity index is 325. The first-order chi connectivity index (χ1) is 7.36. The molecule has 0 atom stereocenters. The summed E-state index contributed by atoms with van der Waals surface area (Å²) in [7, 11) is 0. The van der Waals surface area contributed by atoms with E-state index in [0.29, 0.717) is 5.57 Å². The summed E-state index contributed by atoms with van der Waals surface area (Å²) in [6.07, 6.45) is 1.74. The Morgan fingerprint density at radius 2 is 2.00 bits per heavy atom. The summed E-state index contributed by atoms with van der Waals surface area (Å²) in [4.78, 5) is 4.38. The van der Waals surface area contributed by atoms with Crippen molar-refractivity contribution in [2.45, 2.75) is 13.8 Å². The zero-order chi connectivity index (χ0) is 11.5. The number of hydrogen-bond acceptors (Lipinski definition) is 3. The maximum atomic E-state index is 8.66. The van der Waals surface area contributed by atoms with Crippen LogP contribution in [-0.2, 0) is 4.84 Å². The number of benzene rings is 1. The van der Waals surface area contributed by atoms with Crippen LogP contribution in [0.25, 0.3) is 6.08 Å². The zero-order valence-corrected chi connectivity index (χ0v) is 9.10. The first kappa shape index (κ1) is 13.4. The molecule has 1 aromatic carbocycles. The minimum atomic E-state index is 0.144. The highest BCUT2D eigenvalue weighted by atomic mass is 16.6. The van der Waals surface area contributed by atoms with Crippen LogP contribution < -0.4 is 5.90 Å². The predicted octanol–water partition coefficient (Wildman–Crippen LogP) is 2.51. The van der Waals surface area contributed by atoms with E-state index in [1.807, 2.05) is 50.2 Å². The van der Waals surface area contributed by atoms with Crippen molar-refractivity contribution in [3.8, 4) is 6.07 Å². The first-order valence-electron chi connectivity index (χ1n) is 4.84. The molecule has 1 aromatic rings. The van der Waals surface area contributed by atoms with E-state index in [4.69, 9.17) is 11.2 Å². The molecular formula is C12H16N2O. The minimum Gasteiger partial charge on any atom is -0.299 e. The monoisotopic (exact) mass is 204 g/mol. The Morgan fingerprint density at radius 3 is 2.47 bits per heavy atom. The molecule has 0 fully saturated rings. The Labute approximate surface area is 90.7 Å². The van der Waals surface area contributed by atoms with Gasteiger partial charge < -0.3 is 0 Å². The molecule has 0 saturated carbocycles. The molecule has 15 heavy (non-hydrogen) atoms. The van der Waals surface area contributed by atoms with Crippen molar-refractivity contribution >= 4 is 6.08 Å². The Hall–Kier alpha value is -1.63. The van der Waals surface area contributed by atoms with Gasteiger partial charge in [0.05, 0.1) is 11.6 Å². The molecule has 0 heterocycles. The highest BCUT2D eigenvalue weighted by Crippen LogP contribution is 2.05. The highest BCUT2D eigenvalue weighted by Gasteiger charge is 1.94. The summed E-state index contributed by atoms with van der Waals surface area (Å²) in [6.45, 7) is 4.14. The molecule has 3 nitrogen and oxygen atoms in total. The number of rotatable bonds is 3. The SMILES string of the molecule is CC.N#C/C(=C\c1ccccc1)CON. The second-order valence-corrected chi connectivity index (χ2v) is 2.50. The summed E-state index contributed by atoms with van der Waals surface area (Å²) >= 11 is 0. The van der Waals surface area contributed by atoms with E-state index < -0.39 is 0 Å². The average Bonchev–Trinajstić information content (AvgIpc) is 2.32. The lowest BCUT2D eigenvalue weighted by Crippen LogP contribution is -2.02. The smallest absolute Gasteiger partial charge is 0.103 e. The fourth-order valence-corrected chi connectivity index (χ4v) is 0.946. The van der Waals surface area contributed by atoms with Crippen LogP contribution in [0.3, 0.4) is 0 Å². The van der Waals surface area contributed by atoms with E-state index in [9.17, 15) is 0 Å². The van der Waals surface area contributed by atoms with Gasteiger partial charge in [-0.25, -0.2) is 5.90 Å². The molecule has 2 N–H and O–H groups in total. The molecule has 80 valence electrons. The quantitative estimate of drug-likeness (QED) is 0.608. The topological polar surface area (TPSA) is 59.0 Å². The third-order valence-corrected chi connectivity index (χ3v) is 1.52. The van der Waals surface area contributed by atoms with Crippen LogP contribution in [0.4, 0.5) is 0 Å². The second-order valence-electron chi connectivity index (χ2n) is 2.50. The lowest BCUT2D eigenvalue weighted by Gasteiger charge is -1.95. The van der Waals surface area contributed by atoms with Crippen LogP contribution in [0.1, 0.15) is 19.4 Å². The third-order valence-electron chi connectivity index (χ3n) is 1.52. The van der Waals surface area contributed by atoms with E-state index in [2.05, 4.69) is 4.84 Å². The van der Waals surface area contributed by atoms with Crippen LogP contribution in [0.2, 0.25) is 0 Å². The van der Waals surface area contributed by atoms with Crippen molar-refractivity contribution < 1.29 is 4.84 Å². The van der Waals surface area contributed by atoms with E-state index in [1.165, 1.54) is 0 Å². The number of nitrogens with two attached hydrogens (primary N) is 1. The molecule has 0 saturated heterocycles. The van der Waals surface area contributed by atoms with Gasteiger partial charge in [-0.15, -0.1) is 0 Å². The van der Waals surface area contributed by atoms with Gasteiger partial charge in [-0.05, 0) is 11.6 Å². The molecule has 0 aliphatic rings. The molecule has 3 heteroatoms. The number of hydrogen-bond donors (Lipinski definition) is 1. The zero-order valence-electron chi connectivity index (χ0n) is 9.10. The fourth-order valence-electron chi connectivity index (χ4n) is 0.946. The van der Waals surface area contributed by atoms with Gasteiger partial charge in [0.1, 0.15) is 6.61 Å². The standard InChI is InChI=1S/C10H10N2O.C2H6/c11-7-10(8-13-12)6-9-4-2-1-3-5-9;1-2/h1-6H,8,12H2;1-2H3/b10-6+;. The molecule has 0 aliphatic heterocycles. The largest absolute Gasteiger partial charge is 0.299 e. The number of nitriles is 1. The normalized spacial score (nSPS) is 9.87. The van der Waals surface area contributed by atoms with Gasteiger partial charge in [-0.2, -0.15) is 5.26 Å². The molecule has 0 bridgehead atoms. The van der Waals surface area contributed by atoms with Crippen molar-refractivity contribution in [2.24, 2.45) is 5.90 Å². The van der Waals surface area contributed by atoms with Crippen molar-refractivity contribution in [3.63, 3.8) is 0 Å². The van der Waals surface area contributed by atoms with E-state index >= 15 is 0 Å². The second kappa shape index (κ2) is 8.95. The maximum Gasteiger partial charge on any atom is 0.103 e. The Balaban J connectivity index is 0.000000921. The predicted molar refractivity (Wildman–Crippen MR) is 61.5 cm³/mol. The lowest BCUT2D eigenvalue weighted by molar-refractivity contribution is 0.164. The van der Waals surface area contributed by atoms with Crippen LogP contribution in [0.15, 0.2) is 35.9 Å². The van der Waals surface area contributed by atoms with Gasteiger partial charge >= 0.3 is 0 Å². The first-order valence-corrected chi connectivity index (χ1v) is 4.84. The molecule has 0 unspecified atom stereocenters. The molecule has 1 rings (SSSR count). The summed E-state index contributed by atoms with van der Waals surface area (Å²) in [5.74, 6) is 4.87. The van der Waals surface area contributed by atoms with Gasteiger partial charge in [0, 0.05) is 0 Å². The summed E-state index contributed by atoms with van der Waals surface area (Å²) in [5, 5.41) is 8.66. The molecule has 0 spiro atoms. The Morgan fingerprint density at radius 1 is 1.40 bits per heavy atom. The third kappa shape index (κ3) is 5.63. The van der Waals surface area contributed by atoms with Gasteiger partial charge in [-0.3, -0.25) is 4.84 Å². The molecular weight excluding hydrogens is 188 g/mol. The summed E-state index contributed by atoms with van der Waals surface area (Å²) in [5.41, 5.74) is 1.48. The highest BCUT2D eigenvalue weighted by molar-refractivity contribution is 5.56. The van der Waals surface area contributed by atoms with Crippen molar-refractivity contribution in [2.75, 3.05) is 6.61 Å². The van der Waals surface area contributed by atoms with E-state index in [-0.39, 0.29) is 6.61 Å². The lowest BCUT2D eigenvalue weighted by atomic mass is 10.1. The van der Waals surface area contributed by atoms with Gasteiger partial charge in [0.15, 0.2) is 0 Å². The fraction of sp³-hybridized carbons (Fsp3) is 0.250. The van der Waals surface area contributed by atoms with Crippen molar-refractivity contribution in [1.82, 2.24) is 0 Å². The van der Waals surface area contributed by atoms with Gasteiger partial charge in [-0.1, -0.05) is 44.2 Å². The summed E-state index contributed by atoms with van der Waals surface area (Å²) in [6, 6.07) is 11.6. The van der Waals surface area contributed by atoms with Crippen LogP contribution in [0.5, 0.6) is 0 Å². The molecule has 0 radical (unpaired) electrons.